The minimum absolute atomic E-state index is 0.510. The van der Waals surface area contributed by atoms with Gasteiger partial charge in [-0.3, -0.25) is 0 Å². The van der Waals surface area contributed by atoms with Crippen LogP contribution < -0.4 is 5.32 Å². The van der Waals surface area contributed by atoms with Crippen molar-refractivity contribution in [3.8, 4) is 0 Å². The van der Waals surface area contributed by atoms with Crippen LogP contribution in [0.15, 0.2) is 0 Å². The molecule has 1 fully saturated rings. The Labute approximate surface area is 101 Å². The van der Waals surface area contributed by atoms with Gasteiger partial charge in [0.1, 0.15) is 0 Å². The number of nitrogens with zero attached hydrogens (tertiary/aromatic N) is 1. The number of thiazole rings is 1. The van der Waals surface area contributed by atoms with Gasteiger partial charge in [0.25, 0.3) is 0 Å². The lowest BCUT2D eigenvalue weighted by molar-refractivity contribution is 0.488. The first-order valence-electron chi connectivity index (χ1n) is 6.28. The Morgan fingerprint density at radius 3 is 2.81 bits per heavy atom. The molecular formula is C13H20N2S. The van der Waals surface area contributed by atoms with Crippen LogP contribution in [-0.2, 0) is 6.42 Å². The van der Waals surface area contributed by atoms with E-state index in [0.29, 0.717) is 11.5 Å². The number of hydrogen-bond acceptors (Lipinski definition) is 3. The first-order chi connectivity index (χ1) is 7.62. The standard InChI is InChI=1S/C13H20N2S/c1-13(2)7-8(13)12-15-11-9(14-3)5-4-6-10(11)16-12/h8-9,14H,4-7H2,1-3H3. The van der Waals surface area contributed by atoms with Crippen LogP contribution in [-0.4, -0.2) is 12.0 Å². The van der Waals surface area contributed by atoms with Crippen LogP contribution in [0.3, 0.4) is 0 Å². The summed E-state index contributed by atoms with van der Waals surface area (Å²) in [6, 6.07) is 0.510. The molecule has 1 saturated carbocycles. The van der Waals surface area contributed by atoms with E-state index in [0.717, 1.165) is 5.92 Å². The van der Waals surface area contributed by atoms with Crippen molar-refractivity contribution in [1.82, 2.24) is 10.3 Å². The molecule has 0 saturated heterocycles. The molecule has 3 rings (SSSR count). The zero-order valence-electron chi connectivity index (χ0n) is 10.3. The van der Waals surface area contributed by atoms with Gasteiger partial charge in [0.15, 0.2) is 0 Å². The van der Waals surface area contributed by atoms with Crippen molar-refractivity contribution in [3.05, 3.63) is 15.6 Å². The molecule has 1 aromatic heterocycles. The van der Waals surface area contributed by atoms with Crippen LogP contribution in [0.2, 0.25) is 0 Å². The largest absolute Gasteiger partial charge is 0.312 e. The average molecular weight is 236 g/mol. The second-order valence-electron chi connectivity index (χ2n) is 5.84. The van der Waals surface area contributed by atoms with Crippen molar-refractivity contribution < 1.29 is 0 Å². The minimum Gasteiger partial charge on any atom is -0.312 e. The molecule has 0 aromatic carbocycles. The Bertz CT molecular complexity index is 408. The fraction of sp³-hybridized carbons (Fsp3) is 0.769. The van der Waals surface area contributed by atoms with Gasteiger partial charge in [-0.2, -0.15) is 0 Å². The topological polar surface area (TPSA) is 24.9 Å². The SMILES string of the molecule is CNC1CCCc2sc(C3CC3(C)C)nc21. The fourth-order valence-corrected chi connectivity index (χ4v) is 4.24. The first kappa shape index (κ1) is 10.7. The maximum atomic E-state index is 4.92. The van der Waals surface area contributed by atoms with Crippen molar-refractivity contribution in [1.29, 1.82) is 0 Å². The van der Waals surface area contributed by atoms with Crippen LogP contribution in [0, 0.1) is 5.41 Å². The van der Waals surface area contributed by atoms with Crippen molar-refractivity contribution in [3.63, 3.8) is 0 Å². The van der Waals surface area contributed by atoms with E-state index in [9.17, 15) is 0 Å². The van der Waals surface area contributed by atoms with E-state index in [1.165, 1.54) is 36.4 Å². The third-order valence-electron chi connectivity index (χ3n) is 4.13. The molecule has 0 spiro atoms. The van der Waals surface area contributed by atoms with Crippen molar-refractivity contribution in [2.24, 2.45) is 5.41 Å². The molecule has 2 atom stereocenters. The molecule has 1 heterocycles. The summed E-state index contributed by atoms with van der Waals surface area (Å²) >= 11 is 1.98. The fourth-order valence-electron chi connectivity index (χ4n) is 2.76. The average Bonchev–Trinajstić information content (AvgIpc) is 2.74. The predicted molar refractivity (Wildman–Crippen MR) is 68.0 cm³/mol. The van der Waals surface area contributed by atoms with Crippen molar-refractivity contribution in [2.75, 3.05) is 7.05 Å². The number of aryl methyl sites for hydroxylation is 1. The van der Waals surface area contributed by atoms with Crippen LogP contribution >= 0.6 is 11.3 Å². The quantitative estimate of drug-likeness (QED) is 0.852. The lowest BCUT2D eigenvalue weighted by Gasteiger charge is -2.19. The molecule has 2 aliphatic rings. The van der Waals surface area contributed by atoms with Crippen LogP contribution in [0.4, 0.5) is 0 Å². The van der Waals surface area contributed by atoms with E-state index in [1.54, 1.807) is 4.88 Å². The van der Waals surface area contributed by atoms with E-state index in [2.05, 4.69) is 26.2 Å². The minimum atomic E-state index is 0.510. The van der Waals surface area contributed by atoms with Gasteiger partial charge < -0.3 is 5.32 Å². The zero-order valence-corrected chi connectivity index (χ0v) is 11.2. The molecule has 2 aliphatic carbocycles. The number of nitrogens with one attached hydrogen (secondary N) is 1. The maximum Gasteiger partial charge on any atom is 0.0968 e. The van der Waals surface area contributed by atoms with Gasteiger partial charge in [-0.1, -0.05) is 13.8 Å². The molecule has 16 heavy (non-hydrogen) atoms. The number of rotatable bonds is 2. The smallest absolute Gasteiger partial charge is 0.0968 e. The highest BCUT2D eigenvalue weighted by molar-refractivity contribution is 7.11. The molecule has 1 N–H and O–H groups in total. The Kier molecular flexibility index (Phi) is 2.37. The Hall–Kier alpha value is -0.410. The third kappa shape index (κ3) is 1.61. The van der Waals surface area contributed by atoms with Crippen LogP contribution in [0.5, 0.6) is 0 Å². The summed E-state index contributed by atoms with van der Waals surface area (Å²) < 4.78 is 0. The summed E-state index contributed by atoms with van der Waals surface area (Å²) in [6.45, 7) is 4.71. The van der Waals surface area contributed by atoms with Crippen molar-refractivity contribution >= 4 is 11.3 Å². The molecule has 2 nitrogen and oxygen atoms in total. The summed E-state index contributed by atoms with van der Waals surface area (Å²) in [7, 11) is 2.06. The molecular weight excluding hydrogens is 216 g/mol. The van der Waals surface area contributed by atoms with Gasteiger partial charge >= 0.3 is 0 Å². The van der Waals surface area contributed by atoms with E-state index < -0.39 is 0 Å². The van der Waals surface area contributed by atoms with E-state index in [-0.39, 0.29) is 0 Å². The van der Waals surface area contributed by atoms with Crippen LogP contribution in [0.1, 0.15) is 60.6 Å². The van der Waals surface area contributed by atoms with E-state index in [4.69, 9.17) is 4.98 Å². The van der Waals surface area contributed by atoms with Gasteiger partial charge in [-0.05, 0) is 38.1 Å². The van der Waals surface area contributed by atoms with Gasteiger partial charge in [0, 0.05) is 10.8 Å². The highest BCUT2D eigenvalue weighted by atomic mass is 32.1. The third-order valence-corrected chi connectivity index (χ3v) is 5.38. The summed E-state index contributed by atoms with van der Waals surface area (Å²) in [5.74, 6) is 0.737. The Balaban J connectivity index is 1.91. The van der Waals surface area contributed by atoms with Gasteiger partial charge in [0.2, 0.25) is 0 Å². The lowest BCUT2D eigenvalue weighted by atomic mass is 9.98. The number of fused-ring (bicyclic) bond motifs is 1. The van der Waals surface area contributed by atoms with Gasteiger partial charge in [0.05, 0.1) is 16.7 Å². The summed E-state index contributed by atoms with van der Waals surface area (Å²) in [4.78, 5) is 6.46. The zero-order chi connectivity index (χ0) is 11.3. The molecule has 0 radical (unpaired) electrons. The molecule has 0 amide bonds. The summed E-state index contributed by atoms with van der Waals surface area (Å²) in [5.41, 5.74) is 1.87. The summed E-state index contributed by atoms with van der Waals surface area (Å²) in [6.07, 6.45) is 5.14. The number of aromatic nitrogens is 1. The summed E-state index contributed by atoms with van der Waals surface area (Å²) in [5, 5.41) is 4.80. The van der Waals surface area contributed by atoms with E-state index in [1.807, 2.05) is 11.3 Å². The molecule has 1 aromatic rings. The monoisotopic (exact) mass is 236 g/mol. The Morgan fingerprint density at radius 1 is 1.44 bits per heavy atom. The van der Waals surface area contributed by atoms with Crippen LogP contribution in [0.25, 0.3) is 0 Å². The lowest BCUT2D eigenvalue weighted by Crippen LogP contribution is -2.21. The molecule has 88 valence electrons. The van der Waals surface area contributed by atoms with Gasteiger partial charge in [-0.15, -0.1) is 11.3 Å². The highest BCUT2D eigenvalue weighted by Gasteiger charge is 2.48. The van der Waals surface area contributed by atoms with Crippen molar-refractivity contribution in [2.45, 2.75) is 51.5 Å². The van der Waals surface area contributed by atoms with E-state index >= 15 is 0 Å². The second kappa shape index (κ2) is 3.54. The predicted octanol–water partition coefficient (Wildman–Crippen LogP) is 3.25. The normalized spacial score (nSPS) is 31.2. The maximum absolute atomic E-state index is 4.92. The molecule has 3 heteroatoms. The highest BCUT2D eigenvalue weighted by Crippen LogP contribution is 2.59. The first-order valence-corrected chi connectivity index (χ1v) is 7.10. The molecule has 2 unspecified atom stereocenters. The molecule has 0 aliphatic heterocycles. The van der Waals surface area contributed by atoms with Gasteiger partial charge in [-0.25, -0.2) is 4.98 Å². The number of hydrogen-bond donors (Lipinski definition) is 1. The second-order valence-corrected chi connectivity index (χ2v) is 6.95. The molecule has 0 bridgehead atoms. The Morgan fingerprint density at radius 2 is 2.19 bits per heavy atom.